The molecule has 0 bridgehead atoms. The van der Waals surface area contributed by atoms with E-state index in [2.05, 4.69) is 39.2 Å². The molecule has 0 saturated heterocycles. The molecule has 3 aromatic rings. The van der Waals surface area contributed by atoms with Crippen molar-refractivity contribution in [1.29, 1.82) is 0 Å². The van der Waals surface area contributed by atoms with Gasteiger partial charge in [-0.25, -0.2) is 12.8 Å². The first-order chi connectivity index (χ1) is 21.6. The van der Waals surface area contributed by atoms with Crippen LogP contribution in [0.2, 0.25) is 23.2 Å². The van der Waals surface area contributed by atoms with Crippen molar-refractivity contribution in [3.63, 3.8) is 0 Å². The third kappa shape index (κ3) is 6.04. The van der Waals surface area contributed by atoms with Crippen molar-refractivity contribution in [3.8, 4) is 0 Å². The fourth-order valence-corrected chi connectivity index (χ4v) is 10.6. The van der Waals surface area contributed by atoms with Crippen LogP contribution in [0.3, 0.4) is 0 Å². The number of amides is 1. The number of nitrogens with one attached hydrogen (secondary N) is 1. The number of sulfonamides is 1. The van der Waals surface area contributed by atoms with Crippen LogP contribution in [0.25, 0.3) is 0 Å². The average molecular weight is 683 g/mol. The number of hydrogen-bond donors (Lipinski definition) is 1. The molecule has 2 fully saturated rings. The summed E-state index contributed by atoms with van der Waals surface area (Å²) in [6.45, 7) is 11.6. The number of halogens is 2. The Morgan fingerprint density at radius 2 is 1.67 bits per heavy atom. The molecule has 0 radical (unpaired) electrons. The van der Waals surface area contributed by atoms with Gasteiger partial charge in [0.05, 0.1) is 16.6 Å². The number of fused-ring (bicyclic) bond motifs is 2. The standard InChI is InChI=1S/C36H44ClFN2O4SSi/c1-35(2,3)46(4,5)44-28-18-20-36(21-19-28)30-22-25(34(41)39-23-26-8-6-7-9-31(26)37)12-17-32(30)40(33(36)24-10-11-24)45(42,43)29-15-13-27(38)14-16-29/h6-9,12-17,22,24,28,33H,10-11,18-21,23H2,1-5H3,(H,39,41). The lowest BCUT2D eigenvalue weighted by Crippen LogP contribution is -2.52. The molecule has 1 spiro atoms. The van der Waals surface area contributed by atoms with E-state index in [-0.39, 0.29) is 40.4 Å². The Kier molecular flexibility index (Phi) is 8.70. The number of carbonyl (C=O) groups excluding carboxylic acids is 1. The summed E-state index contributed by atoms with van der Waals surface area (Å²) in [7, 11) is -6.02. The van der Waals surface area contributed by atoms with Crippen LogP contribution in [0.1, 0.15) is 80.8 Å². The molecule has 2 aliphatic carbocycles. The van der Waals surface area contributed by atoms with E-state index in [0.29, 0.717) is 16.3 Å². The van der Waals surface area contributed by atoms with Gasteiger partial charge in [-0.1, -0.05) is 50.6 Å². The summed E-state index contributed by atoms with van der Waals surface area (Å²) in [5.41, 5.74) is 2.37. The largest absolute Gasteiger partial charge is 0.414 e. The Balaban J connectivity index is 1.38. The van der Waals surface area contributed by atoms with Gasteiger partial charge >= 0.3 is 0 Å². The van der Waals surface area contributed by atoms with Crippen LogP contribution in [-0.4, -0.2) is 34.8 Å². The molecule has 1 heterocycles. The molecule has 246 valence electrons. The van der Waals surface area contributed by atoms with Gasteiger partial charge in [-0.3, -0.25) is 9.10 Å². The predicted octanol–water partition coefficient (Wildman–Crippen LogP) is 8.60. The molecule has 1 unspecified atom stereocenters. The zero-order valence-electron chi connectivity index (χ0n) is 27.3. The molecule has 3 aromatic carbocycles. The van der Waals surface area contributed by atoms with E-state index in [1.807, 2.05) is 24.3 Å². The summed E-state index contributed by atoms with van der Waals surface area (Å²) in [5, 5.41) is 3.67. The molecular formula is C36H44ClFN2O4SSi. The van der Waals surface area contributed by atoms with E-state index in [0.717, 1.165) is 49.7 Å². The van der Waals surface area contributed by atoms with Crippen LogP contribution in [0, 0.1) is 11.7 Å². The van der Waals surface area contributed by atoms with Crippen LogP contribution >= 0.6 is 11.6 Å². The summed E-state index contributed by atoms with van der Waals surface area (Å²) in [6, 6.07) is 17.6. The minimum atomic E-state index is -4.02. The topological polar surface area (TPSA) is 75.7 Å². The highest BCUT2D eigenvalue weighted by molar-refractivity contribution is 7.93. The number of hydrogen-bond acceptors (Lipinski definition) is 4. The van der Waals surface area contributed by atoms with Gasteiger partial charge in [-0.05, 0) is 122 Å². The summed E-state index contributed by atoms with van der Waals surface area (Å²) in [6.07, 6.45) is 5.18. The highest BCUT2D eigenvalue weighted by atomic mass is 35.5. The second-order valence-corrected chi connectivity index (χ2v) is 21.8. The lowest BCUT2D eigenvalue weighted by atomic mass is 9.64. The summed E-state index contributed by atoms with van der Waals surface area (Å²) in [5.74, 6) is -0.517. The number of nitrogens with zero attached hydrogens (tertiary/aromatic N) is 1. The third-order valence-electron chi connectivity index (χ3n) is 10.8. The van der Waals surface area contributed by atoms with Crippen molar-refractivity contribution in [2.45, 2.75) is 106 Å². The first-order valence-corrected chi connectivity index (χ1v) is 21.0. The molecule has 3 aliphatic rings. The first-order valence-electron chi connectivity index (χ1n) is 16.3. The second kappa shape index (κ2) is 12.1. The van der Waals surface area contributed by atoms with Crippen molar-refractivity contribution in [2.75, 3.05) is 4.31 Å². The number of anilines is 1. The predicted molar refractivity (Wildman–Crippen MR) is 184 cm³/mol. The van der Waals surface area contributed by atoms with E-state index in [1.165, 1.54) is 24.3 Å². The SMILES string of the molecule is CC(C)(C)[Si](C)(C)OC1CCC2(CC1)c1cc(C(=O)NCc3ccccc3Cl)ccc1N(S(=O)(=O)c1ccc(F)cc1)C2C1CC1. The Morgan fingerprint density at radius 1 is 1.02 bits per heavy atom. The van der Waals surface area contributed by atoms with Crippen molar-refractivity contribution in [2.24, 2.45) is 5.92 Å². The van der Waals surface area contributed by atoms with Crippen molar-refractivity contribution >= 4 is 41.5 Å². The van der Waals surface area contributed by atoms with Crippen LogP contribution < -0.4 is 9.62 Å². The summed E-state index contributed by atoms with van der Waals surface area (Å²) >= 11 is 6.33. The lowest BCUT2D eigenvalue weighted by Gasteiger charge is -2.46. The van der Waals surface area contributed by atoms with E-state index < -0.39 is 29.6 Å². The van der Waals surface area contributed by atoms with Gasteiger partial charge in [-0.2, -0.15) is 0 Å². The normalized spacial score (nSPS) is 23.4. The molecule has 2 saturated carbocycles. The highest BCUT2D eigenvalue weighted by Crippen LogP contribution is 2.60. The van der Waals surface area contributed by atoms with Crippen molar-refractivity contribution in [3.05, 3.63) is 94.3 Å². The maximum atomic E-state index is 14.4. The van der Waals surface area contributed by atoms with Crippen LogP contribution in [0.15, 0.2) is 71.6 Å². The van der Waals surface area contributed by atoms with Gasteiger partial charge in [0.1, 0.15) is 5.82 Å². The monoisotopic (exact) mass is 682 g/mol. The quantitative estimate of drug-likeness (QED) is 0.242. The zero-order chi connectivity index (χ0) is 33.1. The molecule has 1 amide bonds. The van der Waals surface area contributed by atoms with Gasteiger partial charge in [0.25, 0.3) is 15.9 Å². The number of benzene rings is 3. The van der Waals surface area contributed by atoms with Gasteiger partial charge in [-0.15, -0.1) is 0 Å². The minimum absolute atomic E-state index is 0.0686. The minimum Gasteiger partial charge on any atom is -0.414 e. The molecule has 6 rings (SSSR count). The first kappa shape index (κ1) is 33.2. The summed E-state index contributed by atoms with van der Waals surface area (Å²) < 4.78 is 51.2. The van der Waals surface area contributed by atoms with Gasteiger partial charge in [0, 0.05) is 28.6 Å². The Labute approximate surface area is 278 Å². The molecule has 1 N–H and O–H groups in total. The van der Waals surface area contributed by atoms with E-state index in [9.17, 15) is 17.6 Å². The zero-order valence-corrected chi connectivity index (χ0v) is 29.8. The second-order valence-electron chi connectivity index (χ2n) is 14.8. The Bertz CT molecular complexity index is 1730. The van der Waals surface area contributed by atoms with Crippen LogP contribution in [0.5, 0.6) is 0 Å². The molecular weight excluding hydrogens is 639 g/mol. The van der Waals surface area contributed by atoms with Crippen molar-refractivity contribution < 1.29 is 22.0 Å². The number of rotatable bonds is 8. The molecule has 1 atom stereocenters. The van der Waals surface area contributed by atoms with Crippen LogP contribution in [-0.2, 0) is 26.4 Å². The average Bonchev–Trinajstić information content (AvgIpc) is 3.80. The van der Waals surface area contributed by atoms with Crippen molar-refractivity contribution in [1.82, 2.24) is 5.32 Å². The molecule has 0 aromatic heterocycles. The Hall–Kier alpha value is -2.72. The van der Waals surface area contributed by atoms with Crippen LogP contribution in [0.4, 0.5) is 10.1 Å². The van der Waals surface area contributed by atoms with Gasteiger partial charge in [0.2, 0.25) is 0 Å². The summed E-state index contributed by atoms with van der Waals surface area (Å²) in [4.78, 5) is 13.6. The fourth-order valence-electron chi connectivity index (χ4n) is 7.16. The smallest absolute Gasteiger partial charge is 0.264 e. The van der Waals surface area contributed by atoms with E-state index in [4.69, 9.17) is 16.0 Å². The molecule has 1 aliphatic heterocycles. The maximum Gasteiger partial charge on any atom is 0.264 e. The highest BCUT2D eigenvalue weighted by Gasteiger charge is 2.60. The number of carbonyl (C=O) groups is 1. The third-order valence-corrected chi connectivity index (χ3v) is 17.5. The molecule has 6 nitrogen and oxygen atoms in total. The van der Waals surface area contributed by atoms with E-state index >= 15 is 0 Å². The molecule has 46 heavy (non-hydrogen) atoms. The Morgan fingerprint density at radius 3 is 2.28 bits per heavy atom. The molecule has 10 heteroatoms. The van der Waals surface area contributed by atoms with E-state index in [1.54, 1.807) is 22.5 Å². The van der Waals surface area contributed by atoms with Gasteiger partial charge < -0.3 is 9.74 Å². The fraction of sp³-hybridized carbons (Fsp3) is 0.472. The van der Waals surface area contributed by atoms with Gasteiger partial charge in [0.15, 0.2) is 8.32 Å². The maximum absolute atomic E-state index is 14.4. The lowest BCUT2D eigenvalue weighted by molar-refractivity contribution is 0.0932.